The lowest BCUT2D eigenvalue weighted by Crippen LogP contribution is -2.61. The topological polar surface area (TPSA) is 7.76 Å². The molecule has 7 rings (SSSR count). The molecule has 0 N–H and O–H groups in total. The number of unbranched alkanes of at least 4 members (excludes halogenated alkanes) is 1. The number of hydrogen-bond donors (Lipinski definition) is 0. The zero-order valence-electron chi connectivity index (χ0n) is 24.2. The highest BCUT2D eigenvalue weighted by Crippen LogP contribution is 2.52. The van der Waals surface area contributed by atoms with Crippen LogP contribution in [0.15, 0.2) is 103 Å². The van der Waals surface area contributed by atoms with Gasteiger partial charge in [0.05, 0.1) is 21.9 Å². The fraction of sp³-hybridized carbons (Fsp3) is 0.316. The predicted molar refractivity (Wildman–Crippen MR) is 164 cm³/mol. The summed E-state index contributed by atoms with van der Waals surface area (Å²) in [5, 5.41) is 2.73. The van der Waals surface area contributed by atoms with Gasteiger partial charge in [0.25, 0.3) is 0 Å². The van der Waals surface area contributed by atoms with E-state index in [9.17, 15) is 0 Å². The van der Waals surface area contributed by atoms with E-state index in [1.807, 2.05) is 0 Å². The van der Waals surface area contributed by atoms with Crippen molar-refractivity contribution < 1.29 is 9.13 Å². The lowest BCUT2D eigenvalue weighted by atomic mass is 9.63. The van der Waals surface area contributed by atoms with Crippen LogP contribution in [0.5, 0.6) is 0 Å². The fourth-order valence-corrected chi connectivity index (χ4v) is 7.96. The van der Waals surface area contributed by atoms with Crippen LogP contribution in [0, 0.1) is 0 Å². The Hall–Kier alpha value is -3.78. The molecule has 5 aromatic rings. The summed E-state index contributed by atoms with van der Waals surface area (Å²) in [4.78, 5) is 0. The maximum absolute atomic E-state index is 2.68. The van der Waals surface area contributed by atoms with Crippen LogP contribution in [0.4, 0.5) is 0 Å². The normalized spacial score (nSPS) is 18.5. The molecule has 0 saturated heterocycles. The van der Waals surface area contributed by atoms with Gasteiger partial charge in [-0.2, -0.15) is 9.13 Å². The molecular weight excluding hydrogens is 484 g/mol. The minimum Gasteiger partial charge on any atom is -0.197 e. The third kappa shape index (κ3) is 3.61. The summed E-state index contributed by atoms with van der Waals surface area (Å²) in [5.41, 5.74) is 9.69. The van der Waals surface area contributed by atoms with E-state index < -0.39 is 0 Å². The molecule has 4 heterocycles. The average Bonchev–Trinajstić information content (AvgIpc) is 3.12. The Bertz CT molecular complexity index is 1730. The Morgan fingerprint density at radius 2 is 1.45 bits per heavy atom. The van der Waals surface area contributed by atoms with Gasteiger partial charge in [-0.25, -0.2) is 0 Å². The molecule has 2 aliphatic heterocycles. The number of benzene rings is 3. The summed E-state index contributed by atoms with van der Waals surface area (Å²) < 4.78 is 5.19. The Morgan fingerprint density at radius 3 is 2.23 bits per heavy atom. The van der Waals surface area contributed by atoms with E-state index >= 15 is 0 Å². The van der Waals surface area contributed by atoms with Crippen molar-refractivity contribution in [3.63, 3.8) is 0 Å². The molecule has 1 unspecified atom stereocenters. The second-order valence-corrected chi connectivity index (χ2v) is 12.1. The lowest BCUT2D eigenvalue weighted by molar-refractivity contribution is -0.760. The quantitative estimate of drug-likeness (QED) is 0.204. The van der Waals surface area contributed by atoms with E-state index in [0.29, 0.717) is 0 Å². The number of rotatable bonds is 5. The number of pyridine rings is 2. The molecule has 3 aromatic carbocycles. The Kier molecular flexibility index (Phi) is 6.11. The van der Waals surface area contributed by atoms with Gasteiger partial charge in [0.2, 0.25) is 11.4 Å². The van der Waals surface area contributed by atoms with E-state index in [4.69, 9.17) is 0 Å². The Labute approximate surface area is 239 Å². The van der Waals surface area contributed by atoms with Crippen LogP contribution >= 0.6 is 0 Å². The highest BCUT2D eigenvalue weighted by molar-refractivity contribution is 5.94. The fourth-order valence-electron chi connectivity index (χ4n) is 7.96. The van der Waals surface area contributed by atoms with Crippen molar-refractivity contribution in [1.82, 2.24) is 0 Å². The first-order valence-corrected chi connectivity index (χ1v) is 15.3. The molecule has 2 aliphatic rings. The number of nitrogens with zero attached hydrogens (tertiary/aromatic N) is 2. The van der Waals surface area contributed by atoms with Gasteiger partial charge < -0.3 is 0 Å². The van der Waals surface area contributed by atoms with Gasteiger partial charge in [0, 0.05) is 37.5 Å². The van der Waals surface area contributed by atoms with Crippen molar-refractivity contribution >= 4 is 10.8 Å². The number of fused-ring (bicyclic) bond motifs is 10. The minimum absolute atomic E-state index is 0.0105. The van der Waals surface area contributed by atoms with E-state index in [-0.39, 0.29) is 11.0 Å². The first-order valence-electron chi connectivity index (χ1n) is 15.3. The first kappa shape index (κ1) is 25.2. The molecule has 0 bridgehead atoms. The van der Waals surface area contributed by atoms with Gasteiger partial charge in [-0.3, -0.25) is 0 Å². The van der Waals surface area contributed by atoms with Crippen molar-refractivity contribution in [1.29, 1.82) is 0 Å². The molecule has 0 saturated carbocycles. The van der Waals surface area contributed by atoms with E-state index in [1.54, 1.807) is 0 Å². The minimum atomic E-state index is -0.141. The first-order chi connectivity index (χ1) is 19.6. The second kappa shape index (κ2) is 9.70. The third-order valence-electron chi connectivity index (χ3n) is 10.1. The van der Waals surface area contributed by atoms with Crippen LogP contribution < -0.4 is 9.13 Å². The zero-order chi connectivity index (χ0) is 27.3. The molecule has 1 spiro atoms. The van der Waals surface area contributed by atoms with E-state index in [0.717, 1.165) is 32.2 Å². The molecule has 40 heavy (non-hydrogen) atoms. The van der Waals surface area contributed by atoms with Gasteiger partial charge >= 0.3 is 0 Å². The largest absolute Gasteiger partial charge is 0.221 e. The van der Waals surface area contributed by atoms with Gasteiger partial charge in [-0.15, -0.1) is 0 Å². The van der Waals surface area contributed by atoms with Crippen molar-refractivity contribution in [2.45, 2.75) is 76.8 Å². The van der Waals surface area contributed by atoms with Gasteiger partial charge in [0.1, 0.15) is 0 Å². The molecule has 0 fully saturated rings. The molecule has 2 nitrogen and oxygen atoms in total. The molecule has 0 radical (unpaired) electrons. The number of aryl methyl sites for hydroxylation is 1. The second-order valence-electron chi connectivity index (χ2n) is 12.1. The molecule has 1 atom stereocenters. The maximum Gasteiger partial charge on any atom is 0.221 e. The highest BCUT2D eigenvalue weighted by Gasteiger charge is 2.56. The van der Waals surface area contributed by atoms with Crippen molar-refractivity contribution in [3.8, 4) is 22.5 Å². The summed E-state index contributed by atoms with van der Waals surface area (Å²) in [6.07, 6.45) is 11.6. The summed E-state index contributed by atoms with van der Waals surface area (Å²) in [5.74, 6) is 0. The van der Waals surface area contributed by atoms with Gasteiger partial charge in [-0.1, -0.05) is 75.7 Å². The van der Waals surface area contributed by atoms with Crippen LogP contribution in [0.2, 0.25) is 0 Å². The lowest BCUT2D eigenvalue weighted by Gasteiger charge is -2.40. The molecule has 0 aliphatic carbocycles. The maximum atomic E-state index is 2.68. The summed E-state index contributed by atoms with van der Waals surface area (Å²) >= 11 is 0. The van der Waals surface area contributed by atoms with Gasteiger partial charge in [0.15, 0.2) is 24.5 Å². The van der Waals surface area contributed by atoms with Crippen LogP contribution in [0.3, 0.4) is 0 Å². The number of hydrogen-bond acceptors (Lipinski definition) is 0. The SMILES string of the molecule is CCCCc1ccc2c3[n+](ccc2c1)C(CC)(CC)CC1(C[n+]2ccccc2-c2ccccc21)c1ccccc1-3. The molecule has 0 amide bonds. The summed E-state index contributed by atoms with van der Waals surface area (Å²) in [7, 11) is 0. The standard InChI is InChI=1S/C38H40N2/c1-4-7-14-28-20-21-30-29(25-28)22-24-40-36(30)32-16-9-11-18-34(32)38(26-37(40,5-2)6-3)27-39-23-13-12-19-35(39)31-15-8-10-17-33(31)38/h8-13,15-25H,4-7,14,26-27H2,1-3H3/q+2. The van der Waals surface area contributed by atoms with Crippen molar-refractivity contribution in [2.75, 3.05) is 0 Å². The van der Waals surface area contributed by atoms with Crippen molar-refractivity contribution in [2.24, 2.45) is 0 Å². The zero-order valence-corrected chi connectivity index (χ0v) is 24.2. The molecule has 200 valence electrons. The highest BCUT2D eigenvalue weighted by atomic mass is 15.1. The van der Waals surface area contributed by atoms with Crippen LogP contribution in [0.1, 0.15) is 69.6 Å². The number of aromatic nitrogens is 2. The summed E-state index contributed by atoms with van der Waals surface area (Å²) in [6, 6.07) is 34.8. The van der Waals surface area contributed by atoms with E-state index in [1.165, 1.54) is 62.8 Å². The Morgan fingerprint density at radius 1 is 0.725 bits per heavy atom. The molecular formula is C38H40N2+2. The smallest absolute Gasteiger partial charge is 0.197 e. The van der Waals surface area contributed by atoms with Crippen molar-refractivity contribution in [3.05, 3.63) is 120 Å². The Balaban J connectivity index is 1.57. The third-order valence-corrected chi connectivity index (χ3v) is 10.1. The predicted octanol–water partition coefficient (Wildman–Crippen LogP) is 8.31. The molecule has 2 aromatic heterocycles. The van der Waals surface area contributed by atoms with E-state index in [2.05, 4.69) is 133 Å². The van der Waals surface area contributed by atoms with Gasteiger partial charge in [-0.05, 0) is 59.2 Å². The average molecular weight is 525 g/mol. The summed E-state index contributed by atoms with van der Waals surface area (Å²) in [6.45, 7) is 8.03. The van der Waals surface area contributed by atoms with Crippen LogP contribution in [0.25, 0.3) is 33.3 Å². The monoisotopic (exact) mass is 524 g/mol. The van der Waals surface area contributed by atoms with Crippen LogP contribution in [-0.4, -0.2) is 0 Å². The van der Waals surface area contributed by atoms with Crippen LogP contribution in [-0.2, 0) is 23.9 Å². The molecule has 2 heteroatoms.